The van der Waals surface area contributed by atoms with Gasteiger partial charge < -0.3 is 13.7 Å². The molecular formula is C11H14IN3O2. The molecule has 0 aliphatic rings. The quantitative estimate of drug-likeness (QED) is 0.644. The maximum Gasteiger partial charge on any atom is 0.253 e. The van der Waals surface area contributed by atoms with Crippen molar-refractivity contribution >= 4 is 40.4 Å². The standard InChI is InChI=1S/C11H14IN3O2/c1-13-10(16)7-4-8(11(17)15(2)3)6-9(5-7)14-12/h4-6,14H,1-3H3,(H,13,16). The number of benzene rings is 1. The van der Waals surface area contributed by atoms with E-state index in [1.165, 1.54) is 4.90 Å². The van der Waals surface area contributed by atoms with Crippen LogP contribution in [0, 0.1) is 0 Å². The van der Waals surface area contributed by atoms with Crippen molar-refractivity contribution in [2.45, 2.75) is 0 Å². The number of nitrogens with one attached hydrogen (secondary N) is 2. The molecule has 0 unspecified atom stereocenters. The lowest BCUT2D eigenvalue weighted by molar-refractivity contribution is 0.0827. The maximum absolute atomic E-state index is 11.8. The molecular weight excluding hydrogens is 333 g/mol. The van der Waals surface area contributed by atoms with Gasteiger partial charge in [-0.1, -0.05) is 0 Å². The van der Waals surface area contributed by atoms with Gasteiger partial charge in [-0.05, 0) is 18.2 Å². The fraction of sp³-hybridized carbons (Fsp3) is 0.273. The highest BCUT2D eigenvalue weighted by molar-refractivity contribution is 14.1. The minimum atomic E-state index is -0.216. The van der Waals surface area contributed by atoms with Gasteiger partial charge in [-0.2, -0.15) is 0 Å². The van der Waals surface area contributed by atoms with Crippen LogP contribution in [0.15, 0.2) is 18.2 Å². The van der Waals surface area contributed by atoms with Crippen molar-refractivity contribution in [1.82, 2.24) is 10.2 Å². The summed E-state index contributed by atoms with van der Waals surface area (Å²) in [5, 5.41) is 2.53. The first-order valence-electron chi connectivity index (χ1n) is 4.95. The lowest BCUT2D eigenvalue weighted by Gasteiger charge is -2.12. The third-order valence-electron chi connectivity index (χ3n) is 2.18. The molecule has 0 bridgehead atoms. The van der Waals surface area contributed by atoms with Gasteiger partial charge in [-0.25, -0.2) is 0 Å². The number of carbonyl (C=O) groups excluding carboxylic acids is 2. The molecule has 0 saturated heterocycles. The molecule has 0 radical (unpaired) electrons. The highest BCUT2D eigenvalue weighted by Gasteiger charge is 2.13. The first kappa shape index (κ1) is 13.8. The van der Waals surface area contributed by atoms with Crippen molar-refractivity contribution in [3.05, 3.63) is 29.3 Å². The summed E-state index contributed by atoms with van der Waals surface area (Å²) in [5.41, 5.74) is 1.66. The van der Waals surface area contributed by atoms with Gasteiger partial charge in [0.2, 0.25) is 0 Å². The summed E-state index contributed by atoms with van der Waals surface area (Å²) in [6.07, 6.45) is 0. The Morgan fingerprint density at radius 1 is 1.18 bits per heavy atom. The molecule has 0 aliphatic heterocycles. The number of halogens is 1. The summed E-state index contributed by atoms with van der Waals surface area (Å²) in [6.45, 7) is 0. The summed E-state index contributed by atoms with van der Waals surface area (Å²) in [6, 6.07) is 4.98. The average Bonchev–Trinajstić information content (AvgIpc) is 2.35. The Morgan fingerprint density at radius 2 is 1.76 bits per heavy atom. The Hall–Kier alpha value is -1.31. The normalized spacial score (nSPS) is 9.65. The van der Waals surface area contributed by atoms with Gasteiger partial charge in [-0.15, -0.1) is 0 Å². The van der Waals surface area contributed by atoms with Crippen LogP contribution in [0.5, 0.6) is 0 Å². The van der Waals surface area contributed by atoms with Crippen molar-refractivity contribution in [2.75, 3.05) is 24.7 Å². The number of hydrogen-bond acceptors (Lipinski definition) is 3. The van der Waals surface area contributed by atoms with Crippen LogP contribution in [0.4, 0.5) is 5.69 Å². The summed E-state index contributed by atoms with van der Waals surface area (Å²) in [4.78, 5) is 24.9. The molecule has 0 atom stereocenters. The second-order valence-corrected chi connectivity index (χ2v) is 4.21. The van der Waals surface area contributed by atoms with Crippen molar-refractivity contribution in [1.29, 1.82) is 0 Å². The summed E-state index contributed by atoms with van der Waals surface area (Å²) in [7, 11) is 4.90. The Kier molecular flexibility index (Phi) is 4.73. The van der Waals surface area contributed by atoms with Gasteiger partial charge in [0.1, 0.15) is 0 Å². The van der Waals surface area contributed by atoms with E-state index in [2.05, 4.69) is 8.85 Å². The van der Waals surface area contributed by atoms with Crippen molar-refractivity contribution in [3.8, 4) is 0 Å². The van der Waals surface area contributed by atoms with Crippen molar-refractivity contribution in [3.63, 3.8) is 0 Å². The third kappa shape index (κ3) is 3.32. The van der Waals surface area contributed by atoms with E-state index >= 15 is 0 Å². The van der Waals surface area contributed by atoms with Gasteiger partial charge in [0.15, 0.2) is 0 Å². The highest BCUT2D eigenvalue weighted by atomic mass is 127. The number of amides is 2. The molecule has 0 spiro atoms. The Bertz CT molecular complexity index is 446. The highest BCUT2D eigenvalue weighted by Crippen LogP contribution is 2.17. The van der Waals surface area contributed by atoms with E-state index in [-0.39, 0.29) is 11.8 Å². The molecule has 2 N–H and O–H groups in total. The molecule has 0 aromatic heterocycles. The smallest absolute Gasteiger partial charge is 0.253 e. The van der Waals surface area contributed by atoms with Gasteiger partial charge in [0, 0.05) is 38.0 Å². The Morgan fingerprint density at radius 3 is 2.24 bits per heavy atom. The van der Waals surface area contributed by atoms with E-state index in [0.29, 0.717) is 11.1 Å². The fourth-order valence-electron chi connectivity index (χ4n) is 1.34. The first-order valence-corrected chi connectivity index (χ1v) is 6.03. The lowest BCUT2D eigenvalue weighted by Crippen LogP contribution is -2.23. The van der Waals surface area contributed by atoms with Gasteiger partial charge in [-0.3, -0.25) is 9.59 Å². The molecule has 1 rings (SSSR count). The van der Waals surface area contributed by atoms with Crippen LogP contribution >= 0.6 is 22.9 Å². The predicted molar refractivity (Wildman–Crippen MR) is 75.5 cm³/mol. The zero-order chi connectivity index (χ0) is 13.0. The molecule has 0 heterocycles. The Balaban J connectivity index is 3.23. The molecule has 17 heavy (non-hydrogen) atoms. The third-order valence-corrected chi connectivity index (χ3v) is 2.81. The van der Waals surface area contributed by atoms with Crippen molar-refractivity contribution in [2.24, 2.45) is 0 Å². The second kappa shape index (κ2) is 5.85. The summed E-state index contributed by atoms with van der Waals surface area (Å²) in [5.74, 6) is -0.352. The SMILES string of the molecule is CNC(=O)c1cc(NI)cc(C(=O)N(C)C)c1. The van der Waals surface area contributed by atoms with Crippen molar-refractivity contribution < 1.29 is 9.59 Å². The largest absolute Gasteiger partial charge is 0.355 e. The first-order chi connectivity index (χ1) is 7.99. The second-order valence-electron chi connectivity index (χ2n) is 3.67. The number of rotatable bonds is 3. The monoisotopic (exact) mass is 347 g/mol. The van der Waals surface area contributed by atoms with E-state index in [4.69, 9.17) is 0 Å². The predicted octanol–water partition coefficient (Wildman–Crippen LogP) is 1.51. The van der Waals surface area contributed by atoms with Crippen LogP contribution in [0.1, 0.15) is 20.7 Å². The minimum Gasteiger partial charge on any atom is -0.355 e. The van der Waals surface area contributed by atoms with Gasteiger partial charge in [0.05, 0.1) is 22.9 Å². The number of hydrogen-bond donors (Lipinski definition) is 2. The molecule has 0 aliphatic carbocycles. The molecule has 92 valence electrons. The van der Waals surface area contributed by atoms with Crippen LogP contribution < -0.4 is 8.85 Å². The van der Waals surface area contributed by atoms with Crippen LogP contribution in [0.25, 0.3) is 0 Å². The Labute approximate surface area is 114 Å². The van der Waals surface area contributed by atoms with Crippen LogP contribution in [-0.4, -0.2) is 37.9 Å². The molecule has 0 saturated carbocycles. The number of anilines is 1. The summed E-state index contributed by atoms with van der Waals surface area (Å²) < 4.78 is 2.90. The zero-order valence-corrected chi connectivity index (χ0v) is 12.0. The fourth-order valence-corrected chi connectivity index (χ4v) is 1.65. The van der Waals surface area contributed by atoms with Crippen LogP contribution in [0.3, 0.4) is 0 Å². The maximum atomic E-state index is 11.8. The molecule has 1 aromatic carbocycles. The average molecular weight is 347 g/mol. The van der Waals surface area contributed by atoms with Crippen LogP contribution in [-0.2, 0) is 0 Å². The van der Waals surface area contributed by atoms with E-state index in [0.717, 1.165) is 5.69 Å². The van der Waals surface area contributed by atoms with E-state index in [1.807, 2.05) is 22.9 Å². The minimum absolute atomic E-state index is 0.136. The number of carbonyl (C=O) groups is 2. The molecule has 0 fully saturated rings. The molecule has 6 heteroatoms. The van der Waals surface area contributed by atoms with Gasteiger partial charge in [0.25, 0.3) is 11.8 Å². The zero-order valence-electron chi connectivity index (χ0n) is 9.87. The van der Waals surface area contributed by atoms with E-state index < -0.39 is 0 Å². The number of nitrogens with zero attached hydrogens (tertiary/aromatic N) is 1. The molecule has 2 amide bonds. The topological polar surface area (TPSA) is 61.4 Å². The van der Waals surface area contributed by atoms with E-state index in [1.54, 1.807) is 39.3 Å². The van der Waals surface area contributed by atoms with Crippen LogP contribution in [0.2, 0.25) is 0 Å². The lowest BCUT2D eigenvalue weighted by atomic mass is 10.1. The summed E-state index contributed by atoms with van der Waals surface area (Å²) >= 11 is 1.96. The molecule has 5 nitrogen and oxygen atoms in total. The van der Waals surface area contributed by atoms with E-state index in [9.17, 15) is 9.59 Å². The van der Waals surface area contributed by atoms with Gasteiger partial charge >= 0.3 is 0 Å². The molecule has 1 aromatic rings.